The van der Waals surface area contributed by atoms with Crippen LogP contribution in [0.3, 0.4) is 0 Å². The number of nitrogens with zero attached hydrogens (tertiary/aromatic N) is 1. The van der Waals surface area contributed by atoms with E-state index in [0.29, 0.717) is 5.92 Å². The molecule has 0 spiro atoms. The van der Waals surface area contributed by atoms with Gasteiger partial charge in [-0.2, -0.15) is 13.2 Å². The number of hydrogen-bond acceptors (Lipinski definition) is 2. The minimum absolute atomic E-state index is 0.570. The second-order valence-corrected chi connectivity index (χ2v) is 5.14. The summed E-state index contributed by atoms with van der Waals surface area (Å²) in [5.74, 6) is 0.570. The van der Waals surface area contributed by atoms with Crippen LogP contribution < -0.4 is 10.2 Å². The summed E-state index contributed by atoms with van der Waals surface area (Å²) in [6.45, 7) is 2.93. The van der Waals surface area contributed by atoms with Crippen LogP contribution in [-0.2, 0) is 6.18 Å². The van der Waals surface area contributed by atoms with Crippen molar-refractivity contribution in [2.24, 2.45) is 5.92 Å². The van der Waals surface area contributed by atoms with Crippen molar-refractivity contribution in [2.75, 3.05) is 31.6 Å². The van der Waals surface area contributed by atoms with Gasteiger partial charge in [0.15, 0.2) is 0 Å². The van der Waals surface area contributed by atoms with E-state index in [-0.39, 0.29) is 0 Å². The van der Waals surface area contributed by atoms with Gasteiger partial charge >= 0.3 is 6.18 Å². The third-order valence-corrected chi connectivity index (χ3v) is 3.57. The molecule has 0 radical (unpaired) electrons. The van der Waals surface area contributed by atoms with E-state index in [1.165, 1.54) is 12.8 Å². The van der Waals surface area contributed by atoms with Crippen molar-refractivity contribution >= 4 is 5.69 Å². The fraction of sp³-hybridized carbons (Fsp3) is 0.571. The van der Waals surface area contributed by atoms with E-state index in [1.54, 1.807) is 12.1 Å². The molecule has 1 unspecified atom stereocenters. The quantitative estimate of drug-likeness (QED) is 0.909. The van der Waals surface area contributed by atoms with Gasteiger partial charge in [-0.15, -0.1) is 0 Å². The van der Waals surface area contributed by atoms with Gasteiger partial charge < -0.3 is 10.2 Å². The molecule has 1 aromatic rings. The van der Waals surface area contributed by atoms with E-state index in [0.717, 1.165) is 37.5 Å². The summed E-state index contributed by atoms with van der Waals surface area (Å²) >= 11 is 0. The lowest BCUT2D eigenvalue weighted by Gasteiger charge is -2.29. The molecule has 1 aliphatic rings. The molecule has 2 rings (SSSR count). The second kappa shape index (κ2) is 5.82. The highest BCUT2D eigenvalue weighted by molar-refractivity contribution is 5.47. The Morgan fingerprint density at radius 3 is 2.47 bits per heavy atom. The minimum Gasteiger partial charge on any atom is -0.374 e. The van der Waals surface area contributed by atoms with Crippen LogP contribution >= 0.6 is 0 Å². The third-order valence-electron chi connectivity index (χ3n) is 3.57. The van der Waals surface area contributed by atoms with E-state index in [2.05, 4.69) is 5.32 Å². The molecule has 1 atom stereocenters. The fourth-order valence-electron chi connectivity index (χ4n) is 2.48. The molecule has 1 N–H and O–H groups in total. The Kier molecular flexibility index (Phi) is 4.34. The first-order valence-electron chi connectivity index (χ1n) is 6.56. The van der Waals surface area contributed by atoms with E-state index in [4.69, 9.17) is 0 Å². The third kappa shape index (κ3) is 3.86. The number of hydrogen-bond donors (Lipinski definition) is 1. The van der Waals surface area contributed by atoms with E-state index in [9.17, 15) is 13.2 Å². The van der Waals surface area contributed by atoms with Crippen LogP contribution in [0.4, 0.5) is 18.9 Å². The van der Waals surface area contributed by atoms with Gasteiger partial charge in [-0.05, 0) is 56.1 Å². The smallest absolute Gasteiger partial charge is 0.374 e. The molecule has 19 heavy (non-hydrogen) atoms. The lowest BCUT2D eigenvalue weighted by atomic mass is 9.99. The molecule has 0 aromatic heterocycles. The van der Waals surface area contributed by atoms with Crippen molar-refractivity contribution in [3.63, 3.8) is 0 Å². The van der Waals surface area contributed by atoms with Crippen molar-refractivity contribution < 1.29 is 13.2 Å². The number of nitrogens with one attached hydrogen (secondary N) is 1. The van der Waals surface area contributed by atoms with Crippen molar-refractivity contribution in [1.82, 2.24) is 5.32 Å². The van der Waals surface area contributed by atoms with Crippen molar-refractivity contribution in [3.05, 3.63) is 29.8 Å². The Labute approximate surface area is 111 Å². The molecular weight excluding hydrogens is 253 g/mol. The van der Waals surface area contributed by atoms with Crippen LogP contribution in [0.15, 0.2) is 24.3 Å². The van der Waals surface area contributed by atoms with Crippen LogP contribution in [0.5, 0.6) is 0 Å². The number of alkyl halides is 3. The zero-order valence-corrected chi connectivity index (χ0v) is 11.0. The number of anilines is 1. The highest BCUT2D eigenvalue weighted by Crippen LogP contribution is 2.30. The average molecular weight is 272 g/mol. The lowest BCUT2D eigenvalue weighted by Crippen LogP contribution is -2.36. The normalized spacial score (nSPS) is 20.3. The molecule has 2 nitrogen and oxygen atoms in total. The summed E-state index contributed by atoms with van der Waals surface area (Å²) in [5, 5.41) is 3.35. The van der Waals surface area contributed by atoms with Crippen LogP contribution in [0, 0.1) is 5.92 Å². The van der Waals surface area contributed by atoms with E-state index in [1.807, 2.05) is 11.9 Å². The minimum atomic E-state index is -4.26. The summed E-state index contributed by atoms with van der Waals surface area (Å²) in [4.78, 5) is 2.03. The summed E-state index contributed by atoms with van der Waals surface area (Å²) in [5.41, 5.74) is 0.238. The van der Waals surface area contributed by atoms with Crippen molar-refractivity contribution in [3.8, 4) is 0 Å². The molecule has 1 aliphatic heterocycles. The van der Waals surface area contributed by atoms with Crippen LogP contribution in [-0.4, -0.2) is 26.7 Å². The van der Waals surface area contributed by atoms with Crippen molar-refractivity contribution in [2.45, 2.75) is 19.0 Å². The highest BCUT2D eigenvalue weighted by Gasteiger charge is 2.30. The predicted octanol–water partition coefficient (Wildman–Crippen LogP) is 3.14. The lowest BCUT2D eigenvalue weighted by molar-refractivity contribution is -0.137. The first kappa shape index (κ1) is 14.2. The largest absolute Gasteiger partial charge is 0.416 e. The molecular formula is C14H19F3N2. The standard InChI is InChI=1S/C14H19F3N2/c1-19(10-11-3-2-8-18-9-11)13-6-4-12(5-7-13)14(15,16)17/h4-7,11,18H,2-3,8-10H2,1H3. The van der Waals surface area contributed by atoms with Crippen LogP contribution in [0.2, 0.25) is 0 Å². The molecule has 106 valence electrons. The molecule has 5 heteroatoms. The number of piperidine rings is 1. The summed E-state index contributed by atoms with van der Waals surface area (Å²) in [6, 6.07) is 5.37. The monoisotopic (exact) mass is 272 g/mol. The van der Waals surface area contributed by atoms with Crippen LogP contribution in [0.1, 0.15) is 18.4 Å². The molecule has 1 saturated heterocycles. The van der Waals surface area contributed by atoms with Gasteiger partial charge in [0.2, 0.25) is 0 Å². The second-order valence-electron chi connectivity index (χ2n) is 5.14. The van der Waals surface area contributed by atoms with E-state index < -0.39 is 11.7 Å². The Bertz CT molecular complexity index is 394. The average Bonchev–Trinajstić information content (AvgIpc) is 2.39. The summed E-state index contributed by atoms with van der Waals surface area (Å²) < 4.78 is 37.4. The number of benzene rings is 1. The Morgan fingerprint density at radius 1 is 1.26 bits per heavy atom. The first-order chi connectivity index (χ1) is 8.97. The fourth-order valence-corrected chi connectivity index (χ4v) is 2.48. The maximum atomic E-state index is 12.5. The SMILES string of the molecule is CN(CC1CCCNC1)c1ccc(C(F)(F)F)cc1. The van der Waals surface area contributed by atoms with Gasteiger partial charge in [0.05, 0.1) is 5.56 Å². The first-order valence-corrected chi connectivity index (χ1v) is 6.56. The molecule has 0 saturated carbocycles. The molecule has 0 bridgehead atoms. The molecule has 1 fully saturated rings. The van der Waals surface area contributed by atoms with Gasteiger partial charge in [0.1, 0.15) is 0 Å². The van der Waals surface area contributed by atoms with Gasteiger partial charge in [0, 0.05) is 19.3 Å². The molecule has 0 amide bonds. The maximum absolute atomic E-state index is 12.5. The number of halogens is 3. The van der Waals surface area contributed by atoms with Crippen molar-refractivity contribution in [1.29, 1.82) is 0 Å². The summed E-state index contributed by atoms with van der Waals surface area (Å²) in [7, 11) is 1.93. The van der Waals surface area contributed by atoms with Gasteiger partial charge in [-0.1, -0.05) is 0 Å². The Balaban J connectivity index is 1.97. The topological polar surface area (TPSA) is 15.3 Å². The Hall–Kier alpha value is -1.23. The zero-order valence-electron chi connectivity index (χ0n) is 11.0. The predicted molar refractivity (Wildman–Crippen MR) is 70.3 cm³/mol. The zero-order chi connectivity index (χ0) is 13.9. The molecule has 1 aromatic carbocycles. The number of rotatable bonds is 3. The maximum Gasteiger partial charge on any atom is 0.416 e. The van der Waals surface area contributed by atoms with Crippen LogP contribution in [0.25, 0.3) is 0 Å². The van der Waals surface area contributed by atoms with E-state index >= 15 is 0 Å². The highest BCUT2D eigenvalue weighted by atomic mass is 19.4. The Morgan fingerprint density at radius 2 is 1.95 bits per heavy atom. The summed E-state index contributed by atoms with van der Waals surface area (Å²) in [6.07, 6.45) is -1.91. The van der Waals surface area contributed by atoms with Gasteiger partial charge in [-0.3, -0.25) is 0 Å². The molecule has 0 aliphatic carbocycles. The molecule has 1 heterocycles. The van der Waals surface area contributed by atoms with Gasteiger partial charge in [0.25, 0.3) is 0 Å². The van der Waals surface area contributed by atoms with Gasteiger partial charge in [-0.25, -0.2) is 0 Å².